The van der Waals surface area contributed by atoms with Gasteiger partial charge in [-0.3, -0.25) is 9.59 Å². The van der Waals surface area contributed by atoms with Crippen LogP contribution < -0.4 is 10.9 Å². The van der Waals surface area contributed by atoms with Gasteiger partial charge in [-0.15, -0.1) is 0 Å². The van der Waals surface area contributed by atoms with Gasteiger partial charge in [-0.2, -0.15) is 10.2 Å². The molecule has 2 amide bonds. The number of rotatable bonds is 9. The Hall–Kier alpha value is -3.10. The highest BCUT2D eigenvalue weighted by Crippen LogP contribution is 2.20. The van der Waals surface area contributed by atoms with Gasteiger partial charge in [0.25, 0.3) is 0 Å². The Balaban J connectivity index is 1.64. The first-order chi connectivity index (χ1) is 14.3. The minimum absolute atomic E-state index is 0.00311. The second-order valence-electron chi connectivity index (χ2n) is 6.20. The third-order valence-electron chi connectivity index (χ3n) is 3.82. The molecular formula is C20H20Cl2N4O4. The van der Waals surface area contributed by atoms with Gasteiger partial charge in [0, 0.05) is 34.0 Å². The number of carbonyl (C=O) groups excluding carboxylic acids is 2. The van der Waals surface area contributed by atoms with Crippen molar-refractivity contribution < 1.29 is 19.8 Å². The number of hydrogen-bond acceptors (Lipinski definition) is 6. The lowest BCUT2D eigenvalue weighted by Gasteiger charge is -2.02. The van der Waals surface area contributed by atoms with Crippen LogP contribution in [0.15, 0.2) is 46.6 Å². The van der Waals surface area contributed by atoms with Crippen LogP contribution >= 0.6 is 23.2 Å². The van der Waals surface area contributed by atoms with Crippen molar-refractivity contribution in [1.82, 2.24) is 10.9 Å². The summed E-state index contributed by atoms with van der Waals surface area (Å²) >= 11 is 11.7. The number of halogens is 2. The third kappa shape index (κ3) is 8.10. The molecule has 0 fully saturated rings. The molecule has 10 heteroatoms. The van der Waals surface area contributed by atoms with Gasteiger partial charge in [0.05, 0.1) is 12.4 Å². The maximum atomic E-state index is 11.7. The SMILES string of the molecule is O=C(CCCCC(=O)N/N=C/c1cc(Cl)ccc1O)N/N=C/c1cc(Cl)ccc1O. The molecule has 2 aromatic carbocycles. The average Bonchev–Trinajstić information content (AvgIpc) is 2.70. The smallest absolute Gasteiger partial charge is 0.240 e. The van der Waals surface area contributed by atoms with Gasteiger partial charge in [-0.05, 0) is 49.2 Å². The minimum Gasteiger partial charge on any atom is -0.507 e. The van der Waals surface area contributed by atoms with E-state index in [-0.39, 0.29) is 36.2 Å². The predicted octanol–water partition coefficient (Wildman–Crippen LogP) is 3.57. The van der Waals surface area contributed by atoms with E-state index in [1.54, 1.807) is 0 Å². The maximum Gasteiger partial charge on any atom is 0.240 e. The Morgan fingerprint density at radius 3 is 1.60 bits per heavy atom. The van der Waals surface area contributed by atoms with Crippen LogP contribution in [0.5, 0.6) is 11.5 Å². The Labute approximate surface area is 183 Å². The molecule has 0 radical (unpaired) electrons. The highest BCUT2D eigenvalue weighted by atomic mass is 35.5. The quantitative estimate of drug-likeness (QED) is 0.264. The third-order valence-corrected chi connectivity index (χ3v) is 4.29. The Bertz CT molecular complexity index is 886. The number of hydrazone groups is 2. The van der Waals surface area contributed by atoms with Crippen molar-refractivity contribution in [2.45, 2.75) is 25.7 Å². The second-order valence-corrected chi connectivity index (χ2v) is 7.07. The standard InChI is InChI=1S/C20H20Cl2N4O4/c21-15-5-7-17(27)13(9-15)11-23-25-19(29)3-1-2-4-20(30)26-24-12-14-10-16(22)6-8-18(14)28/h5-12,27-28H,1-4H2,(H,25,29)(H,26,30)/b23-11+,24-12+. The summed E-state index contributed by atoms with van der Waals surface area (Å²) in [7, 11) is 0. The second kappa shape index (κ2) is 11.8. The number of phenols is 2. The minimum atomic E-state index is -0.317. The van der Waals surface area contributed by atoms with Gasteiger partial charge in [0.1, 0.15) is 11.5 Å². The van der Waals surface area contributed by atoms with E-state index < -0.39 is 0 Å². The number of nitrogens with zero attached hydrogens (tertiary/aromatic N) is 2. The molecule has 0 saturated heterocycles. The van der Waals surface area contributed by atoms with E-state index in [1.807, 2.05) is 0 Å². The molecule has 0 spiro atoms. The molecule has 0 bridgehead atoms. The number of benzene rings is 2. The zero-order chi connectivity index (χ0) is 21.9. The van der Waals surface area contributed by atoms with E-state index in [1.165, 1.54) is 48.8 Å². The first-order valence-corrected chi connectivity index (χ1v) is 9.71. The molecular weight excluding hydrogens is 431 g/mol. The summed E-state index contributed by atoms with van der Waals surface area (Å²) in [5, 5.41) is 27.7. The summed E-state index contributed by atoms with van der Waals surface area (Å²) in [5.41, 5.74) is 5.45. The molecule has 0 aliphatic rings. The van der Waals surface area contributed by atoms with Gasteiger partial charge < -0.3 is 10.2 Å². The molecule has 0 saturated carbocycles. The van der Waals surface area contributed by atoms with E-state index in [0.717, 1.165) is 0 Å². The van der Waals surface area contributed by atoms with Crippen molar-refractivity contribution in [2.75, 3.05) is 0 Å². The van der Waals surface area contributed by atoms with Crippen LogP contribution in [0.4, 0.5) is 0 Å². The summed E-state index contributed by atoms with van der Waals surface area (Å²) in [4.78, 5) is 23.5. The van der Waals surface area contributed by atoms with Crippen molar-refractivity contribution in [2.24, 2.45) is 10.2 Å². The molecule has 158 valence electrons. The Morgan fingerprint density at radius 1 is 0.800 bits per heavy atom. The monoisotopic (exact) mass is 450 g/mol. The van der Waals surface area contributed by atoms with E-state index in [2.05, 4.69) is 21.1 Å². The average molecular weight is 451 g/mol. The fourth-order valence-electron chi connectivity index (χ4n) is 2.29. The molecule has 0 unspecified atom stereocenters. The zero-order valence-corrected chi connectivity index (χ0v) is 17.3. The molecule has 2 rings (SSSR count). The number of unbranched alkanes of at least 4 members (excludes halogenated alkanes) is 1. The molecule has 0 aliphatic carbocycles. The fraction of sp³-hybridized carbons (Fsp3) is 0.200. The van der Waals surface area contributed by atoms with E-state index in [9.17, 15) is 19.8 Å². The largest absolute Gasteiger partial charge is 0.507 e. The predicted molar refractivity (Wildman–Crippen MR) is 116 cm³/mol. The Kier molecular flexibility index (Phi) is 9.11. The lowest BCUT2D eigenvalue weighted by Crippen LogP contribution is -2.19. The normalized spacial score (nSPS) is 11.1. The first kappa shape index (κ1) is 23.2. The highest BCUT2D eigenvalue weighted by molar-refractivity contribution is 6.31. The number of hydrogen-bond donors (Lipinski definition) is 4. The van der Waals surface area contributed by atoms with Crippen molar-refractivity contribution in [3.8, 4) is 11.5 Å². The maximum absolute atomic E-state index is 11.7. The van der Waals surface area contributed by atoms with Crippen molar-refractivity contribution in [3.05, 3.63) is 57.6 Å². The Morgan fingerprint density at radius 2 is 1.20 bits per heavy atom. The van der Waals surface area contributed by atoms with Gasteiger partial charge in [-0.25, -0.2) is 10.9 Å². The summed E-state index contributed by atoms with van der Waals surface area (Å²) in [6, 6.07) is 8.96. The molecule has 0 atom stereocenters. The molecule has 0 aliphatic heterocycles. The van der Waals surface area contributed by atoms with Crippen LogP contribution in [0.2, 0.25) is 10.0 Å². The summed E-state index contributed by atoms with van der Waals surface area (Å²) in [6.07, 6.45) is 3.92. The van der Waals surface area contributed by atoms with Crippen LogP contribution in [0.3, 0.4) is 0 Å². The highest BCUT2D eigenvalue weighted by Gasteiger charge is 2.04. The van der Waals surface area contributed by atoms with Crippen molar-refractivity contribution >= 4 is 47.4 Å². The molecule has 8 nitrogen and oxygen atoms in total. The van der Waals surface area contributed by atoms with Crippen LogP contribution in [-0.4, -0.2) is 34.5 Å². The lowest BCUT2D eigenvalue weighted by atomic mass is 10.2. The van der Waals surface area contributed by atoms with Gasteiger partial charge >= 0.3 is 0 Å². The number of carbonyl (C=O) groups is 2. The van der Waals surface area contributed by atoms with Crippen LogP contribution in [0, 0.1) is 0 Å². The molecule has 0 heterocycles. The van der Waals surface area contributed by atoms with Gasteiger partial charge in [-0.1, -0.05) is 23.2 Å². The number of nitrogens with one attached hydrogen (secondary N) is 2. The fourth-order valence-corrected chi connectivity index (χ4v) is 2.65. The summed E-state index contributed by atoms with van der Waals surface area (Å²) in [5.74, 6) is -0.640. The number of amides is 2. The van der Waals surface area contributed by atoms with Crippen molar-refractivity contribution in [3.63, 3.8) is 0 Å². The van der Waals surface area contributed by atoms with Gasteiger partial charge in [0.15, 0.2) is 0 Å². The number of phenolic OH excluding ortho intramolecular Hbond substituents is 2. The summed E-state index contributed by atoms with van der Waals surface area (Å²) in [6.45, 7) is 0. The van der Waals surface area contributed by atoms with E-state index >= 15 is 0 Å². The number of aromatic hydroxyl groups is 2. The van der Waals surface area contributed by atoms with Gasteiger partial charge in [0.2, 0.25) is 11.8 Å². The molecule has 4 N–H and O–H groups in total. The van der Waals surface area contributed by atoms with Crippen molar-refractivity contribution in [1.29, 1.82) is 0 Å². The zero-order valence-electron chi connectivity index (χ0n) is 15.8. The van der Waals surface area contributed by atoms with Crippen LogP contribution in [0.25, 0.3) is 0 Å². The van der Waals surface area contributed by atoms with E-state index in [4.69, 9.17) is 23.2 Å². The summed E-state index contributed by atoms with van der Waals surface area (Å²) < 4.78 is 0. The lowest BCUT2D eigenvalue weighted by molar-refractivity contribution is -0.123. The van der Waals surface area contributed by atoms with E-state index in [0.29, 0.717) is 34.0 Å². The van der Waals surface area contributed by atoms with Crippen LogP contribution in [-0.2, 0) is 9.59 Å². The molecule has 2 aromatic rings. The molecule has 0 aromatic heterocycles. The molecule has 30 heavy (non-hydrogen) atoms. The van der Waals surface area contributed by atoms with Crippen LogP contribution in [0.1, 0.15) is 36.8 Å². The first-order valence-electron chi connectivity index (χ1n) is 8.96. The topological polar surface area (TPSA) is 123 Å².